The average molecular weight is 378 g/mol. The highest BCUT2D eigenvalue weighted by molar-refractivity contribution is 6.03. The van der Waals surface area contributed by atoms with E-state index in [1.165, 1.54) is 5.56 Å². The highest BCUT2D eigenvalue weighted by atomic mass is 16.5. The van der Waals surface area contributed by atoms with Crippen molar-refractivity contribution in [2.75, 3.05) is 5.32 Å². The van der Waals surface area contributed by atoms with Gasteiger partial charge in [-0.3, -0.25) is 4.79 Å². The van der Waals surface area contributed by atoms with E-state index in [1.807, 2.05) is 56.3 Å². The molecule has 146 valence electrons. The molecule has 0 bridgehead atoms. The third kappa shape index (κ3) is 4.42. The molecule has 3 aromatic rings. The van der Waals surface area contributed by atoms with Crippen LogP contribution in [0.1, 0.15) is 58.3 Å². The van der Waals surface area contributed by atoms with Crippen molar-refractivity contribution in [1.29, 1.82) is 0 Å². The van der Waals surface area contributed by atoms with Crippen LogP contribution in [-0.4, -0.2) is 11.1 Å². The average Bonchev–Trinajstić information content (AvgIpc) is 3.03. The molecule has 0 atom stereocenters. The van der Waals surface area contributed by atoms with Gasteiger partial charge in [-0.05, 0) is 61.6 Å². The fraction of sp³-hybridized carbons (Fsp3) is 0.304. The van der Waals surface area contributed by atoms with Crippen molar-refractivity contribution < 1.29 is 14.1 Å². The van der Waals surface area contributed by atoms with E-state index in [0.29, 0.717) is 17.2 Å². The minimum atomic E-state index is -0.311. The zero-order valence-corrected chi connectivity index (χ0v) is 17.0. The number of anilines is 1. The quantitative estimate of drug-likeness (QED) is 0.610. The van der Waals surface area contributed by atoms with Gasteiger partial charge < -0.3 is 14.6 Å². The third-order valence-corrected chi connectivity index (χ3v) is 4.75. The molecule has 0 aliphatic carbocycles. The number of nitrogens with one attached hydrogen (secondary N) is 1. The van der Waals surface area contributed by atoms with Gasteiger partial charge in [-0.2, -0.15) is 0 Å². The zero-order chi connectivity index (χ0) is 20.3. The molecule has 5 heteroatoms. The van der Waals surface area contributed by atoms with Gasteiger partial charge in [0.25, 0.3) is 5.91 Å². The van der Waals surface area contributed by atoms with E-state index in [2.05, 4.69) is 24.3 Å². The Morgan fingerprint density at radius 1 is 1.11 bits per heavy atom. The normalized spacial score (nSPS) is 10.9. The van der Waals surface area contributed by atoms with E-state index >= 15 is 0 Å². The van der Waals surface area contributed by atoms with Crippen molar-refractivity contribution in [3.63, 3.8) is 0 Å². The Kier molecular flexibility index (Phi) is 5.83. The first-order chi connectivity index (χ1) is 13.3. The van der Waals surface area contributed by atoms with Gasteiger partial charge in [-0.1, -0.05) is 43.3 Å². The summed E-state index contributed by atoms with van der Waals surface area (Å²) in [6.45, 7) is 10.3. The third-order valence-electron chi connectivity index (χ3n) is 4.75. The standard InChI is InChI=1S/C23H26N2O3/c1-14(2)18-8-10-19(11-9-18)24-23(26)22-20(17(5)28-25-22)13-27-21-12-15(3)6-7-16(21)4/h6-12,14H,13H2,1-5H3,(H,24,26). The molecule has 0 saturated heterocycles. The maximum atomic E-state index is 12.7. The van der Waals surface area contributed by atoms with Gasteiger partial charge in [0.05, 0.1) is 5.56 Å². The Morgan fingerprint density at radius 2 is 1.82 bits per heavy atom. The van der Waals surface area contributed by atoms with Crippen molar-refractivity contribution in [3.8, 4) is 5.75 Å². The van der Waals surface area contributed by atoms with Crippen LogP contribution < -0.4 is 10.1 Å². The number of ether oxygens (including phenoxy) is 1. The van der Waals surface area contributed by atoms with Crippen LogP contribution in [0, 0.1) is 20.8 Å². The maximum absolute atomic E-state index is 12.7. The lowest BCUT2D eigenvalue weighted by Gasteiger charge is -2.11. The van der Waals surface area contributed by atoms with Crippen LogP contribution in [0.5, 0.6) is 5.75 Å². The fourth-order valence-corrected chi connectivity index (χ4v) is 2.89. The Bertz CT molecular complexity index is 972. The molecule has 0 spiro atoms. The molecule has 1 aromatic heterocycles. The topological polar surface area (TPSA) is 64.4 Å². The van der Waals surface area contributed by atoms with E-state index in [-0.39, 0.29) is 18.2 Å². The monoisotopic (exact) mass is 378 g/mol. The predicted molar refractivity (Wildman–Crippen MR) is 110 cm³/mol. The molecule has 28 heavy (non-hydrogen) atoms. The van der Waals surface area contributed by atoms with E-state index in [4.69, 9.17) is 9.26 Å². The van der Waals surface area contributed by atoms with Gasteiger partial charge in [0, 0.05) is 5.69 Å². The van der Waals surface area contributed by atoms with Crippen molar-refractivity contribution in [3.05, 3.63) is 76.2 Å². The lowest BCUT2D eigenvalue weighted by Crippen LogP contribution is -2.15. The second-order valence-electron chi connectivity index (χ2n) is 7.35. The smallest absolute Gasteiger partial charge is 0.278 e. The molecule has 2 aromatic carbocycles. The van der Waals surface area contributed by atoms with Crippen LogP contribution >= 0.6 is 0 Å². The van der Waals surface area contributed by atoms with Crippen LogP contribution in [0.15, 0.2) is 47.0 Å². The summed E-state index contributed by atoms with van der Waals surface area (Å²) in [6.07, 6.45) is 0. The number of carbonyl (C=O) groups is 1. The fourth-order valence-electron chi connectivity index (χ4n) is 2.89. The van der Waals surface area contributed by atoms with Crippen LogP contribution in [-0.2, 0) is 6.61 Å². The van der Waals surface area contributed by atoms with Crippen molar-refractivity contribution in [2.24, 2.45) is 0 Å². The summed E-state index contributed by atoms with van der Waals surface area (Å²) in [5.74, 6) is 1.49. The number of hydrogen-bond donors (Lipinski definition) is 1. The number of amides is 1. The van der Waals surface area contributed by atoms with Gasteiger partial charge in [-0.15, -0.1) is 0 Å². The van der Waals surface area contributed by atoms with Gasteiger partial charge in [-0.25, -0.2) is 0 Å². The first kappa shape index (κ1) is 19.7. The van der Waals surface area contributed by atoms with Gasteiger partial charge >= 0.3 is 0 Å². The highest BCUT2D eigenvalue weighted by Crippen LogP contribution is 2.23. The number of hydrogen-bond acceptors (Lipinski definition) is 4. The summed E-state index contributed by atoms with van der Waals surface area (Å²) < 4.78 is 11.2. The number of aryl methyl sites for hydroxylation is 3. The Hall–Kier alpha value is -3.08. The summed E-state index contributed by atoms with van der Waals surface area (Å²) in [7, 11) is 0. The molecule has 0 unspecified atom stereocenters. The van der Waals surface area contributed by atoms with E-state index < -0.39 is 0 Å². The van der Waals surface area contributed by atoms with Crippen LogP contribution in [0.2, 0.25) is 0 Å². The number of nitrogens with zero attached hydrogens (tertiary/aromatic N) is 1. The Morgan fingerprint density at radius 3 is 2.50 bits per heavy atom. The van der Waals surface area contributed by atoms with Gasteiger partial charge in [0.2, 0.25) is 0 Å². The molecular formula is C23H26N2O3. The predicted octanol–water partition coefficient (Wildman–Crippen LogP) is 5.55. The molecule has 0 fully saturated rings. The first-order valence-corrected chi connectivity index (χ1v) is 9.41. The highest BCUT2D eigenvalue weighted by Gasteiger charge is 2.21. The van der Waals surface area contributed by atoms with Gasteiger partial charge in [0.1, 0.15) is 18.1 Å². The number of aromatic nitrogens is 1. The molecule has 0 aliphatic rings. The first-order valence-electron chi connectivity index (χ1n) is 9.41. The Balaban J connectivity index is 1.74. The second kappa shape index (κ2) is 8.30. The van der Waals surface area contributed by atoms with Crippen LogP contribution in [0.25, 0.3) is 0 Å². The van der Waals surface area contributed by atoms with Crippen molar-refractivity contribution >= 4 is 11.6 Å². The number of benzene rings is 2. The summed E-state index contributed by atoms with van der Waals surface area (Å²) >= 11 is 0. The van der Waals surface area contributed by atoms with E-state index in [9.17, 15) is 4.79 Å². The largest absolute Gasteiger partial charge is 0.488 e. The summed E-state index contributed by atoms with van der Waals surface area (Å²) in [5.41, 5.74) is 4.99. The Labute approximate surface area is 165 Å². The molecule has 3 rings (SSSR count). The molecule has 0 aliphatic heterocycles. The maximum Gasteiger partial charge on any atom is 0.278 e. The van der Waals surface area contributed by atoms with Gasteiger partial charge in [0.15, 0.2) is 5.69 Å². The van der Waals surface area contributed by atoms with Crippen molar-refractivity contribution in [2.45, 2.75) is 47.1 Å². The molecule has 1 heterocycles. The summed E-state index contributed by atoms with van der Waals surface area (Å²) in [6, 6.07) is 13.8. The lowest BCUT2D eigenvalue weighted by molar-refractivity contribution is 0.101. The summed E-state index contributed by atoms with van der Waals surface area (Å²) in [4.78, 5) is 12.7. The SMILES string of the molecule is Cc1ccc(C)c(OCc2c(C(=O)Nc3ccc(C(C)C)cc3)noc2C)c1. The molecular weight excluding hydrogens is 352 g/mol. The van der Waals surface area contributed by atoms with Crippen LogP contribution in [0.3, 0.4) is 0 Å². The second-order valence-corrected chi connectivity index (χ2v) is 7.35. The minimum Gasteiger partial charge on any atom is -0.488 e. The molecule has 5 nitrogen and oxygen atoms in total. The van der Waals surface area contributed by atoms with Crippen molar-refractivity contribution in [1.82, 2.24) is 5.16 Å². The molecule has 1 N–H and O–H groups in total. The zero-order valence-electron chi connectivity index (χ0n) is 17.0. The number of carbonyl (C=O) groups excluding carboxylic acids is 1. The molecule has 0 radical (unpaired) electrons. The van der Waals surface area contributed by atoms with E-state index in [0.717, 1.165) is 22.6 Å². The van der Waals surface area contributed by atoms with E-state index in [1.54, 1.807) is 6.92 Å². The number of rotatable bonds is 6. The molecule has 0 saturated carbocycles. The molecule has 1 amide bonds. The minimum absolute atomic E-state index is 0.217. The lowest BCUT2D eigenvalue weighted by atomic mass is 10.0. The summed E-state index contributed by atoms with van der Waals surface area (Å²) in [5, 5.41) is 6.82. The van der Waals surface area contributed by atoms with Crippen LogP contribution in [0.4, 0.5) is 5.69 Å².